The van der Waals surface area contributed by atoms with E-state index in [9.17, 15) is 4.79 Å². The first-order chi connectivity index (χ1) is 9.74. The summed E-state index contributed by atoms with van der Waals surface area (Å²) in [5, 5.41) is 12.6. The molecule has 0 aliphatic carbocycles. The highest BCUT2D eigenvalue weighted by Crippen LogP contribution is 2.14. The molecule has 0 saturated carbocycles. The van der Waals surface area contributed by atoms with E-state index >= 15 is 0 Å². The van der Waals surface area contributed by atoms with Gasteiger partial charge in [-0.05, 0) is 35.6 Å². The van der Waals surface area contributed by atoms with Crippen molar-refractivity contribution < 1.29 is 4.79 Å². The van der Waals surface area contributed by atoms with Crippen molar-refractivity contribution in [3.05, 3.63) is 57.8 Å². The van der Waals surface area contributed by atoms with Crippen molar-refractivity contribution in [2.24, 2.45) is 0 Å². The standard InChI is InChI=1S/C16H16N2OS/c1-2-8-18(16(19)15-7-9-20-12-15)11-14-5-3-13(10-17)4-6-14/h3-7,9,12H,2,8,11H2,1H3. The molecule has 1 aromatic heterocycles. The lowest BCUT2D eigenvalue weighted by molar-refractivity contribution is 0.0744. The first-order valence-electron chi connectivity index (χ1n) is 6.55. The zero-order chi connectivity index (χ0) is 14.4. The van der Waals surface area contributed by atoms with Gasteiger partial charge in [0.05, 0.1) is 17.2 Å². The van der Waals surface area contributed by atoms with Crippen LogP contribution in [-0.2, 0) is 6.54 Å². The van der Waals surface area contributed by atoms with Crippen molar-refractivity contribution in [3.63, 3.8) is 0 Å². The number of amides is 1. The minimum atomic E-state index is 0.0671. The summed E-state index contributed by atoms with van der Waals surface area (Å²) < 4.78 is 0. The van der Waals surface area contributed by atoms with E-state index in [0.717, 1.165) is 24.1 Å². The Morgan fingerprint density at radius 2 is 2.05 bits per heavy atom. The fourth-order valence-electron chi connectivity index (χ4n) is 2.00. The Morgan fingerprint density at radius 1 is 1.30 bits per heavy atom. The van der Waals surface area contributed by atoms with Crippen molar-refractivity contribution in [2.45, 2.75) is 19.9 Å². The van der Waals surface area contributed by atoms with Crippen molar-refractivity contribution >= 4 is 17.2 Å². The molecule has 1 aromatic carbocycles. The summed E-state index contributed by atoms with van der Waals surface area (Å²) in [5.74, 6) is 0.0671. The number of nitriles is 1. The highest BCUT2D eigenvalue weighted by atomic mass is 32.1. The average molecular weight is 284 g/mol. The van der Waals surface area contributed by atoms with E-state index in [0.29, 0.717) is 12.1 Å². The van der Waals surface area contributed by atoms with Crippen molar-refractivity contribution in [1.29, 1.82) is 5.26 Å². The second kappa shape index (κ2) is 6.88. The first-order valence-corrected chi connectivity index (χ1v) is 7.49. The van der Waals surface area contributed by atoms with E-state index in [2.05, 4.69) is 13.0 Å². The topological polar surface area (TPSA) is 44.1 Å². The zero-order valence-electron chi connectivity index (χ0n) is 11.4. The maximum absolute atomic E-state index is 12.4. The maximum Gasteiger partial charge on any atom is 0.254 e. The molecule has 2 aromatic rings. The van der Waals surface area contributed by atoms with Crippen LogP contribution in [0.2, 0.25) is 0 Å². The van der Waals surface area contributed by atoms with Crippen LogP contribution in [0.4, 0.5) is 0 Å². The van der Waals surface area contributed by atoms with Crippen LogP contribution in [0.15, 0.2) is 41.1 Å². The van der Waals surface area contributed by atoms with E-state index in [4.69, 9.17) is 5.26 Å². The van der Waals surface area contributed by atoms with Gasteiger partial charge in [0.1, 0.15) is 0 Å². The smallest absolute Gasteiger partial charge is 0.254 e. The fourth-order valence-corrected chi connectivity index (χ4v) is 2.63. The van der Waals surface area contributed by atoms with Crippen LogP contribution < -0.4 is 0 Å². The molecule has 102 valence electrons. The molecule has 0 aliphatic rings. The Morgan fingerprint density at radius 3 is 2.60 bits per heavy atom. The molecule has 0 saturated heterocycles. The van der Waals surface area contributed by atoms with Crippen LogP contribution in [0.25, 0.3) is 0 Å². The van der Waals surface area contributed by atoms with Crippen LogP contribution in [0.3, 0.4) is 0 Å². The van der Waals surface area contributed by atoms with Crippen LogP contribution in [-0.4, -0.2) is 17.4 Å². The summed E-state index contributed by atoms with van der Waals surface area (Å²) in [6.07, 6.45) is 0.923. The molecule has 0 bridgehead atoms. The lowest BCUT2D eigenvalue weighted by Crippen LogP contribution is -2.31. The van der Waals surface area contributed by atoms with Crippen LogP contribution in [0.5, 0.6) is 0 Å². The minimum absolute atomic E-state index is 0.0671. The second-order valence-corrected chi connectivity index (χ2v) is 5.33. The Hall–Kier alpha value is -2.12. The second-order valence-electron chi connectivity index (χ2n) is 4.55. The van der Waals surface area contributed by atoms with Crippen LogP contribution in [0.1, 0.15) is 34.8 Å². The number of thiophene rings is 1. The number of carbonyl (C=O) groups excluding carboxylic acids is 1. The molecule has 0 unspecified atom stereocenters. The quantitative estimate of drug-likeness (QED) is 0.840. The van der Waals surface area contributed by atoms with Gasteiger partial charge in [-0.25, -0.2) is 0 Å². The molecule has 1 heterocycles. The summed E-state index contributed by atoms with van der Waals surface area (Å²) in [6.45, 7) is 3.37. The van der Waals surface area contributed by atoms with Gasteiger partial charge in [-0.3, -0.25) is 4.79 Å². The van der Waals surface area contributed by atoms with E-state index in [1.807, 2.05) is 33.9 Å². The van der Waals surface area contributed by atoms with Gasteiger partial charge in [-0.15, -0.1) is 0 Å². The molecular weight excluding hydrogens is 268 g/mol. The zero-order valence-corrected chi connectivity index (χ0v) is 12.2. The Bertz CT molecular complexity index is 596. The van der Waals surface area contributed by atoms with E-state index < -0.39 is 0 Å². The first kappa shape index (κ1) is 14.3. The molecule has 0 radical (unpaired) electrons. The molecule has 0 aliphatic heterocycles. The number of hydrogen-bond acceptors (Lipinski definition) is 3. The third-order valence-corrected chi connectivity index (χ3v) is 3.69. The largest absolute Gasteiger partial charge is 0.334 e. The van der Waals surface area contributed by atoms with Gasteiger partial charge in [0.15, 0.2) is 0 Å². The lowest BCUT2D eigenvalue weighted by Gasteiger charge is -2.21. The lowest BCUT2D eigenvalue weighted by atomic mass is 10.1. The molecule has 4 heteroatoms. The predicted octanol–water partition coefficient (Wildman–Crippen LogP) is 3.67. The SMILES string of the molecule is CCCN(Cc1ccc(C#N)cc1)C(=O)c1ccsc1. The summed E-state index contributed by atoms with van der Waals surface area (Å²) in [7, 11) is 0. The van der Waals surface area contributed by atoms with Crippen LogP contribution in [0, 0.1) is 11.3 Å². The minimum Gasteiger partial charge on any atom is -0.334 e. The molecular formula is C16H16N2OS. The van der Waals surface area contributed by atoms with Crippen molar-refractivity contribution in [1.82, 2.24) is 4.90 Å². The van der Waals surface area contributed by atoms with Gasteiger partial charge < -0.3 is 4.90 Å². The normalized spacial score (nSPS) is 10.0. The summed E-state index contributed by atoms with van der Waals surface area (Å²) >= 11 is 1.53. The molecule has 0 atom stereocenters. The maximum atomic E-state index is 12.4. The number of nitrogens with zero attached hydrogens (tertiary/aromatic N) is 2. The number of rotatable bonds is 5. The average Bonchev–Trinajstić information content (AvgIpc) is 3.01. The summed E-state index contributed by atoms with van der Waals surface area (Å²) in [6, 6.07) is 11.3. The monoisotopic (exact) mass is 284 g/mol. The molecule has 0 fully saturated rings. The summed E-state index contributed by atoms with van der Waals surface area (Å²) in [5.41, 5.74) is 2.43. The molecule has 1 amide bonds. The van der Waals surface area contributed by atoms with Crippen LogP contribution >= 0.6 is 11.3 Å². The Kier molecular flexibility index (Phi) is 4.91. The molecule has 0 N–H and O–H groups in total. The molecule has 2 rings (SSSR count). The number of carbonyl (C=O) groups is 1. The van der Waals surface area contributed by atoms with Gasteiger partial charge in [-0.1, -0.05) is 19.1 Å². The van der Waals surface area contributed by atoms with Gasteiger partial charge in [0.25, 0.3) is 5.91 Å². The fraction of sp³-hybridized carbons (Fsp3) is 0.250. The Balaban J connectivity index is 2.12. The van der Waals surface area contributed by atoms with E-state index in [1.165, 1.54) is 11.3 Å². The van der Waals surface area contributed by atoms with Gasteiger partial charge in [-0.2, -0.15) is 16.6 Å². The highest BCUT2D eigenvalue weighted by molar-refractivity contribution is 7.08. The third kappa shape index (κ3) is 3.46. The number of hydrogen-bond donors (Lipinski definition) is 0. The van der Waals surface area contributed by atoms with Gasteiger partial charge in [0.2, 0.25) is 0 Å². The Labute approximate surface area is 123 Å². The predicted molar refractivity (Wildman–Crippen MR) is 80.5 cm³/mol. The van der Waals surface area contributed by atoms with E-state index in [1.54, 1.807) is 12.1 Å². The van der Waals surface area contributed by atoms with Gasteiger partial charge in [0, 0.05) is 18.5 Å². The van der Waals surface area contributed by atoms with E-state index in [-0.39, 0.29) is 5.91 Å². The molecule has 20 heavy (non-hydrogen) atoms. The summed E-state index contributed by atoms with van der Waals surface area (Å²) in [4.78, 5) is 14.3. The van der Waals surface area contributed by atoms with Crippen molar-refractivity contribution in [2.75, 3.05) is 6.54 Å². The highest BCUT2D eigenvalue weighted by Gasteiger charge is 2.15. The van der Waals surface area contributed by atoms with Crippen molar-refractivity contribution in [3.8, 4) is 6.07 Å². The number of benzene rings is 1. The molecule has 3 nitrogen and oxygen atoms in total. The van der Waals surface area contributed by atoms with Gasteiger partial charge >= 0.3 is 0 Å². The third-order valence-electron chi connectivity index (χ3n) is 3.01. The molecule has 0 spiro atoms.